The van der Waals surface area contributed by atoms with Crippen LogP contribution in [0.3, 0.4) is 0 Å². The number of anilines is 1. The Labute approximate surface area is 107 Å². The summed E-state index contributed by atoms with van der Waals surface area (Å²) in [5, 5.41) is 0. The standard InChI is InChI=1S/C15H19NO2/c1-9-3-2-4-12(14(9)16)15(17)18-13-8-10-5-6-11(13)7-10/h2-4,10-11,13H,5-8,16H2,1H3. The molecular formula is C15H19NO2. The second kappa shape index (κ2) is 4.30. The number of benzene rings is 1. The Morgan fingerprint density at radius 1 is 1.33 bits per heavy atom. The van der Waals surface area contributed by atoms with Gasteiger partial charge in [-0.25, -0.2) is 4.79 Å². The number of nitrogens with two attached hydrogens (primary N) is 1. The molecule has 0 spiro atoms. The van der Waals surface area contributed by atoms with Crippen LogP contribution in [-0.4, -0.2) is 12.1 Å². The van der Waals surface area contributed by atoms with Gasteiger partial charge in [0.05, 0.1) is 5.56 Å². The normalized spacial score (nSPS) is 29.5. The van der Waals surface area contributed by atoms with Crippen LogP contribution in [0.2, 0.25) is 0 Å². The highest BCUT2D eigenvalue weighted by atomic mass is 16.5. The minimum Gasteiger partial charge on any atom is -0.458 e. The molecule has 2 aliphatic carbocycles. The van der Waals surface area contributed by atoms with Crippen LogP contribution in [0.15, 0.2) is 18.2 Å². The van der Waals surface area contributed by atoms with E-state index in [1.807, 2.05) is 19.1 Å². The van der Waals surface area contributed by atoms with Crippen LogP contribution in [0, 0.1) is 18.8 Å². The van der Waals surface area contributed by atoms with Gasteiger partial charge >= 0.3 is 5.97 Å². The van der Waals surface area contributed by atoms with Crippen LogP contribution in [0.25, 0.3) is 0 Å². The number of esters is 1. The summed E-state index contributed by atoms with van der Waals surface area (Å²) in [7, 11) is 0. The first-order valence-electron chi connectivity index (χ1n) is 6.71. The van der Waals surface area contributed by atoms with Crippen LogP contribution in [0.5, 0.6) is 0 Å². The molecule has 0 radical (unpaired) electrons. The molecular weight excluding hydrogens is 226 g/mol. The SMILES string of the molecule is Cc1cccc(C(=O)OC2CC3CCC2C3)c1N. The van der Waals surface area contributed by atoms with Gasteiger partial charge in [-0.1, -0.05) is 12.1 Å². The summed E-state index contributed by atoms with van der Waals surface area (Å²) >= 11 is 0. The van der Waals surface area contributed by atoms with Crippen LogP contribution in [-0.2, 0) is 4.74 Å². The van der Waals surface area contributed by atoms with Crippen molar-refractivity contribution in [1.29, 1.82) is 0 Å². The smallest absolute Gasteiger partial charge is 0.340 e. The predicted octanol–water partition coefficient (Wildman–Crippen LogP) is 2.92. The highest BCUT2D eigenvalue weighted by molar-refractivity contribution is 5.95. The van der Waals surface area contributed by atoms with Crippen LogP contribution >= 0.6 is 0 Å². The van der Waals surface area contributed by atoms with Gasteiger partial charge in [0.1, 0.15) is 6.10 Å². The molecule has 1 aromatic rings. The largest absolute Gasteiger partial charge is 0.458 e. The molecule has 3 unspecified atom stereocenters. The third-order valence-electron chi connectivity index (χ3n) is 4.48. The van der Waals surface area contributed by atoms with Crippen molar-refractivity contribution in [3.05, 3.63) is 29.3 Å². The molecule has 0 amide bonds. The highest BCUT2D eigenvalue weighted by Crippen LogP contribution is 2.46. The van der Waals surface area contributed by atoms with Crippen molar-refractivity contribution in [2.75, 3.05) is 5.73 Å². The molecule has 3 rings (SSSR count). The molecule has 3 atom stereocenters. The molecule has 2 saturated carbocycles. The van der Waals surface area contributed by atoms with E-state index in [1.54, 1.807) is 6.07 Å². The number of aryl methyl sites for hydroxylation is 1. The average molecular weight is 245 g/mol. The molecule has 0 aliphatic heterocycles. The van der Waals surface area contributed by atoms with E-state index in [0.717, 1.165) is 17.9 Å². The number of carbonyl (C=O) groups excluding carboxylic acids is 1. The minimum absolute atomic E-state index is 0.121. The Bertz CT molecular complexity index is 483. The van der Waals surface area contributed by atoms with Gasteiger partial charge in [-0.2, -0.15) is 0 Å². The number of rotatable bonds is 2. The summed E-state index contributed by atoms with van der Waals surface area (Å²) in [6.45, 7) is 1.91. The lowest BCUT2D eigenvalue weighted by Crippen LogP contribution is -2.24. The number of carbonyl (C=O) groups is 1. The Morgan fingerprint density at radius 2 is 2.17 bits per heavy atom. The van der Waals surface area contributed by atoms with Gasteiger partial charge in [0, 0.05) is 5.69 Å². The Morgan fingerprint density at radius 3 is 2.83 bits per heavy atom. The summed E-state index contributed by atoms with van der Waals surface area (Å²) < 4.78 is 5.65. The molecule has 0 heterocycles. The number of ether oxygens (including phenoxy) is 1. The van der Waals surface area contributed by atoms with E-state index < -0.39 is 0 Å². The molecule has 96 valence electrons. The molecule has 3 heteroatoms. The van der Waals surface area contributed by atoms with E-state index in [1.165, 1.54) is 19.3 Å². The summed E-state index contributed by atoms with van der Waals surface area (Å²) in [6.07, 6.45) is 4.93. The van der Waals surface area contributed by atoms with E-state index in [4.69, 9.17) is 10.5 Å². The molecule has 2 aliphatic rings. The minimum atomic E-state index is -0.256. The van der Waals surface area contributed by atoms with Gasteiger partial charge in [0.25, 0.3) is 0 Å². The number of hydrogen-bond donors (Lipinski definition) is 1. The Hall–Kier alpha value is -1.51. The predicted molar refractivity (Wildman–Crippen MR) is 70.2 cm³/mol. The first-order chi connectivity index (χ1) is 8.65. The zero-order valence-corrected chi connectivity index (χ0v) is 10.7. The third-order valence-corrected chi connectivity index (χ3v) is 4.48. The summed E-state index contributed by atoms with van der Waals surface area (Å²) in [5.74, 6) is 1.11. The second-order valence-corrected chi connectivity index (χ2v) is 5.65. The Balaban J connectivity index is 1.73. The quantitative estimate of drug-likeness (QED) is 0.644. The van der Waals surface area contributed by atoms with Gasteiger partial charge in [-0.05, 0) is 56.1 Å². The fraction of sp³-hybridized carbons (Fsp3) is 0.533. The lowest BCUT2D eigenvalue weighted by atomic mass is 9.97. The van der Waals surface area contributed by atoms with E-state index in [0.29, 0.717) is 17.2 Å². The lowest BCUT2D eigenvalue weighted by Gasteiger charge is -2.22. The Kier molecular flexibility index (Phi) is 2.77. The number of fused-ring (bicyclic) bond motifs is 2. The lowest BCUT2D eigenvalue weighted by molar-refractivity contribution is 0.0160. The molecule has 0 aromatic heterocycles. The fourth-order valence-electron chi connectivity index (χ4n) is 3.39. The molecule has 2 fully saturated rings. The number of hydrogen-bond acceptors (Lipinski definition) is 3. The first-order valence-corrected chi connectivity index (χ1v) is 6.71. The summed E-state index contributed by atoms with van der Waals surface area (Å²) in [6, 6.07) is 5.50. The third kappa shape index (κ3) is 1.88. The van der Waals surface area contributed by atoms with Crippen LogP contribution in [0.4, 0.5) is 5.69 Å². The van der Waals surface area contributed by atoms with Gasteiger partial charge < -0.3 is 10.5 Å². The maximum absolute atomic E-state index is 12.1. The van der Waals surface area contributed by atoms with Crippen molar-refractivity contribution in [3.8, 4) is 0 Å². The van der Waals surface area contributed by atoms with Gasteiger partial charge in [-0.3, -0.25) is 0 Å². The number of nitrogen functional groups attached to an aromatic ring is 1. The molecule has 1 aromatic carbocycles. The molecule has 0 saturated heterocycles. The van der Waals surface area contributed by atoms with E-state index in [-0.39, 0.29) is 12.1 Å². The van der Waals surface area contributed by atoms with Crippen LogP contribution < -0.4 is 5.73 Å². The van der Waals surface area contributed by atoms with E-state index in [2.05, 4.69) is 0 Å². The fourth-order valence-corrected chi connectivity index (χ4v) is 3.39. The zero-order chi connectivity index (χ0) is 12.7. The monoisotopic (exact) mass is 245 g/mol. The number of para-hydroxylation sites is 1. The topological polar surface area (TPSA) is 52.3 Å². The summed E-state index contributed by atoms with van der Waals surface area (Å²) in [5.41, 5.74) is 7.92. The van der Waals surface area contributed by atoms with Crippen molar-refractivity contribution in [2.24, 2.45) is 11.8 Å². The van der Waals surface area contributed by atoms with Crippen LogP contribution in [0.1, 0.15) is 41.6 Å². The second-order valence-electron chi connectivity index (χ2n) is 5.65. The molecule has 18 heavy (non-hydrogen) atoms. The highest BCUT2D eigenvalue weighted by Gasteiger charge is 2.41. The van der Waals surface area contributed by atoms with Gasteiger partial charge in [0.2, 0.25) is 0 Å². The zero-order valence-electron chi connectivity index (χ0n) is 10.7. The van der Waals surface area contributed by atoms with E-state index in [9.17, 15) is 4.79 Å². The first kappa shape index (κ1) is 11.6. The average Bonchev–Trinajstić information content (AvgIpc) is 2.94. The maximum atomic E-state index is 12.1. The van der Waals surface area contributed by atoms with E-state index >= 15 is 0 Å². The van der Waals surface area contributed by atoms with Crippen molar-refractivity contribution in [2.45, 2.75) is 38.7 Å². The molecule has 2 bridgehead atoms. The molecule has 2 N–H and O–H groups in total. The van der Waals surface area contributed by atoms with Crippen molar-refractivity contribution in [1.82, 2.24) is 0 Å². The maximum Gasteiger partial charge on any atom is 0.340 e. The molecule has 3 nitrogen and oxygen atoms in total. The summed E-state index contributed by atoms with van der Waals surface area (Å²) in [4.78, 5) is 12.1. The van der Waals surface area contributed by atoms with Crippen molar-refractivity contribution >= 4 is 11.7 Å². The van der Waals surface area contributed by atoms with Gasteiger partial charge in [0.15, 0.2) is 0 Å². The van der Waals surface area contributed by atoms with Crippen molar-refractivity contribution in [3.63, 3.8) is 0 Å². The van der Waals surface area contributed by atoms with Gasteiger partial charge in [-0.15, -0.1) is 0 Å². The van der Waals surface area contributed by atoms with Crippen molar-refractivity contribution < 1.29 is 9.53 Å².